The summed E-state index contributed by atoms with van der Waals surface area (Å²) in [5.74, 6) is 1.13. The molecule has 27 heavy (non-hydrogen) atoms. The van der Waals surface area contributed by atoms with Gasteiger partial charge in [0.2, 0.25) is 24.5 Å². The molecule has 0 bridgehead atoms. The Hall–Kier alpha value is -2.46. The number of ether oxygens (including phenoxy) is 2. The second-order valence-corrected chi connectivity index (χ2v) is 7.26. The van der Waals surface area contributed by atoms with E-state index in [-0.39, 0.29) is 49.2 Å². The lowest BCUT2D eigenvalue weighted by atomic mass is 10.1. The molecule has 9 nitrogen and oxygen atoms in total. The number of carbonyl (C=O) groups is 3. The molecular weight excluding hydrogens is 372 g/mol. The van der Waals surface area contributed by atoms with Crippen LogP contribution in [0.25, 0.3) is 0 Å². The Morgan fingerprint density at radius 1 is 1.26 bits per heavy atom. The summed E-state index contributed by atoms with van der Waals surface area (Å²) in [7, 11) is 1.56. The molecule has 3 rings (SSSR count). The van der Waals surface area contributed by atoms with Crippen LogP contribution in [-0.2, 0) is 20.9 Å². The van der Waals surface area contributed by atoms with E-state index in [1.54, 1.807) is 7.05 Å². The van der Waals surface area contributed by atoms with Gasteiger partial charge in [-0.3, -0.25) is 19.7 Å². The average Bonchev–Trinajstić information content (AvgIpc) is 3.12. The van der Waals surface area contributed by atoms with Crippen molar-refractivity contribution in [2.75, 3.05) is 19.6 Å². The van der Waals surface area contributed by atoms with Crippen molar-refractivity contribution < 1.29 is 23.9 Å². The summed E-state index contributed by atoms with van der Waals surface area (Å²) in [6.45, 7) is 0.586. The van der Waals surface area contributed by atoms with Crippen molar-refractivity contribution in [3.8, 4) is 11.5 Å². The third kappa shape index (κ3) is 5.51. The molecule has 2 unspecified atom stereocenters. The summed E-state index contributed by atoms with van der Waals surface area (Å²) < 4.78 is 10.6. The predicted octanol–water partition coefficient (Wildman–Crippen LogP) is -0.337. The van der Waals surface area contributed by atoms with Gasteiger partial charge in [0.05, 0.1) is 5.75 Å². The predicted molar refractivity (Wildman–Crippen MR) is 99.0 cm³/mol. The molecule has 3 amide bonds. The number of thioether (sulfide) groups is 1. The number of nitrogens with one attached hydrogen (secondary N) is 4. The standard InChI is InChI=1S/C17H22N4O5S/c1-18-14(22)5-11-6-15(23)21-17(20-11)27-8-16(24)19-7-10-2-3-12-13(4-10)26-9-25-12/h2-4,11,17,20H,5-9H2,1H3,(H,18,22)(H,19,24)(H,21,23). The molecule has 1 aromatic carbocycles. The van der Waals surface area contributed by atoms with Crippen molar-refractivity contribution in [1.29, 1.82) is 0 Å². The van der Waals surface area contributed by atoms with Crippen LogP contribution in [0.15, 0.2) is 18.2 Å². The Labute approximate surface area is 160 Å². The molecule has 0 saturated carbocycles. The largest absolute Gasteiger partial charge is 0.454 e. The molecule has 0 aromatic heterocycles. The van der Waals surface area contributed by atoms with Crippen LogP contribution in [0.4, 0.5) is 0 Å². The van der Waals surface area contributed by atoms with Gasteiger partial charge in [-0.1, -0.05) is 6.07 Å². The van der Waals surface area contributed by atoms with Crippen molar-refractivity contribution in [3.63, 3.8) is 0 Å². The Kier molecular flexibility index (Phi) is 6.40. The molecule has 0 aliphatic carbocycles. The highest BCUT2D eigenvalue weighted by atomic mass is 32.2. The first-order valence-electron chi connectivity index (χ1n) is 8.56. The van der Waals surface area contributed by atoms with E-state index in [9.17, 15) is 14.4 Å². The Morgan fingerprint density at radius 3 is 2.89 bits per heavy atom. The maximum Gasteiger partial charge on any atom is 0.231 e. The number of benzene rings is 1. The molecule has 10 heteroatoms. The lowest BCUT2D eigenvalue weighted by molar-refractivity contribution is -0.125. The molecule has 1 saturated heterocycles. The van der Waals surface area contributed by atoms with Gasteiger partial charge in [-0.05, 0) is 17.7 Å². The van der Waals surface area contributed by atoms with Crippen LogP contribution in [0, 0.1) is 0 Å². The van der Waals surface area contributed by atoms with E-state index in [0.29, 0.717) is 18.0 Å². The molecule has 146 valence electrons. The van der Waals surface area contributed by atoms with Gasteiger partial charge >= 0.3 is 0 Å². The van der Waals surface area contributed by atoms with Crippen LogP contribution in [0.5, 0.6) is 11.5 Å². The molecule has 1 aromatic rings. The summed E-state index contributed by atoms with van der Waals surface area (Å²) in [5.41, 5.74) is 0.504. The van der Waals surface area contributed by atoms with Gasteiger partial charge in [0.1, 0.15) is 5.50 Å². The first-order valence-corrected chi connectivity index (χ1v) is 9.61. The minimum absolute atomic E-state index is 0.132. The second-order valence-electron chi connectivity index (χ2n) is 6.17. The van der Waals surface area contributed by atoms with E-state index in [4.69, 9.17) is 9.47 Å². The van der Waals surface area contributed by atoms with Crippen molar-refractivity contribution in [3.05, 3.63) is 23.8 Å². The fraction of sp³-hybridized carbons (Fsp3) is 0.471. The summed E-state index contributed by atoms with van der Waals surface area (Å²) in [5, 5.41) is 11.3. The minimum atomic E-state index is -0.405. The van der Waals surface area contributed by atoms with Crippen LogP contribution >= 0.6 is 11.8 Å². The zero-order valence-electron chi connectivity index (χ0n) is 14.9. The second kappa shape index (κ2) is 8.96. The Morgan fingerprint density at radius 2 is 2.07 bits per heavy atom. The smallest absolute Gasteiger partial charge is 0.231 e. The topological polar surface area (TPSA) is 118 Å². The number of hydrogen-bond acceptors (Lipinski definition) is 7. The number of hydrogen-bond donors (Lipinski definition) is 4. The zero-order chi connectivity index (χ0) is 19.2. The molecule has 0 spiro atoms. The summed E-state index contributed by atoms with van der Waals surface area (Å²) in [6, 6.07) is 5.27. The van der Waals surface area contributed by atoms with Gasteiger partial charge in [-0.15, -0.1) is 11.8 Å². The first kappa shape index (κ1) is 19.3. The maximum absolute atomic E-state index is 12.1. The lowest BCUT2D eigenvalue weighted by Gasteiger charge is -2.30. The van der Waals surface area contributed by atoms with Gasteiger partial charge in [0.15, 0.2) is 11.5 Å². The van der Waals surface area contributed by atoms with Crippen LogP contribution in [-0.4, -0.2) is 48.9 Å². The van der Waals surface area contributed by atoms with Gasteiger partial charge < -0.3 is 25.4 Å². The van der Waals surface area contributed by atoms with Crippen molar-refractivity contribution in [1.82, 2.24) is 21.3 Å². The van der Waals surface area contributed by atoms with Crippen LogP contribution in [0.1, 0.15) is 18.4 Å². The van der Waals surface area contributed by atoms with Gasteiger partial charge in [-0.2, -0.15) is 0 Å². The number of rotatable bonds is 7. The van der Waals surface area contributed by atoms with E-state index in [2.05, 4.69) is 21.3 Å². The van der Waals surface area contributed by atoms with Crippen LogP contribution < -0.4 is 30.7 Å². The number of amides is 3. The summed E-state index contributed by atoms with van der Waals surface area (Å²) >= 11 is 1.27. The molecule has 2 aliphatic heterocycles. The molecule has 2 atom stereocenters. The zero-order valence-corrected chi connectivity index (χ0v) is 15.7. The van der Waals surface area contributed by atoms with E-state index in [1.807, 2.05) is 18.2 Å². The molecule has 1 fully saturated rings. The fourth-order valence-corrected chi connectivity index (χ4v) is 3.68. The highest BCUT2D eigenvalue weighted by molar-refractivity contribution is 8.00. The van der Waals surface area contributed by atoms with E-state index in [0.717, 1.165) is 5.56 Å². The third-order valence-electron chi connectivity index (χ3n) is 4.13. The highest BCUT2D eigenvalue weighted by Gasteiger charge is 2.27. The SMILES string of the molecule is CNC(=O)CC1CC(=O)NC(SCC(=O)NCc2ccc3c(c2)OCO3)N1. The lowest BCUT2D eigenvalue weighted by Crippen LogP contribution is -2.56. The van der Waals surface area contributed by atoms with Gasteiger partial charge in [0.25, 0.3) is 0 Å². The number of carbonyl (C=O) groups excluding carboxylic acids is 3. The number of fused-ring (bicyclic) bond motifs is 1. The molecule has 2 heterocycles. The third-order valence-corrected chi connectivity index (χ3v) is 5.15. The molecule has 4 N–H and O–H groups in total. The molecular formula is C17H22N4O5S. The van der Waals surface area contributed by atoms with Crippen LogP contribution in [0.3, 0.4) is 0 Å². The fourth-order valence-electron chi connectivity index (χ4n) is 2.75. The summed E-state index contributed by atoms with van der Waals surface area (Å²) in [4.78, 5) is 35.4. The first-order chi connectivity index (χ1) is 13.0. The monoisotopic (exact) mass is 394 g/mol. The van der Waals surface area contributed by atoms with Crippen molar-refractivity contribution in [2.24, 2.45) is 0 Å². The van der Waals surface area contributed by atoms with E-state index in [1.165, 1.54) is 11.8 Å². The normalized spacial score (nSPS) is 20.7. The van der Waals surface area contributed by atoms with E-state index < -0.39 is 5.50 Å². The maximum atomic E-state index is 12.1. The van der Waals surface area contributed by atoms with Gasteiger partial charge in [-0.25, -0.2) is 0 Å². The van der Waals surface area contributed by atoms with Gasteiger partial charge in [0, 0.05) is 32.5 Å². The van der Waals surface area contributed by atoms with Crippen molar-refractivity contribution >= 4 is 29.5 Å². The average molecular weight is 394 g/mol. The quantitative estimate of drug-likeness (QED) is 0.500. The molecule has 2 aliphatic rings. The van der Waals surface area contributed by atoms with Crippen LogP contribution in [0.2, 0.25) is 0 Å². The van der Waals surface area contributed by atoms with E-state index >= 15 is 0 Å². The highest BCUT2D eigenvalue weighted by Crippen LogP contribution is 2.32. The Bertz CT molecular complexity index is 729. The van der Waals surface area contributed by atoms with Crippen molar-refractivity contribution in [2.45, 2.75) is 30.9 Å². The summed E-state index contributed by atoms with van der Waals surface area (Å²) in [6.07, 6.45) is 0.456. The minimum Gasteiger partial charge on any atom is -0.454 e. The Balaban J connectivity index is 1.41. The molecule has 0 radical (unpaired) electrons.